The summed E-state index contributed by atoms with van der Waals surface area (Å²) >= 11 is 5.82. The Kier molecular flexibility index (Phi) is 4.48. The van der Waals surface area contributed by atoms with Gasteiger partial charge in [0.2, 0.25) is 10.0 Å². The lowest BCUT2D eigenvalue weighted by molar-refractivity contribution is 0.563. The SMILES string of the molecule is C[C@H](CN)NS(=O)(=O)c1ccc(C#N)cc1Cl. The number of rotatable bonds is 4. The van der Waals surface area contributed by atoms with Crippen LogP contribution in [0.2, 0.25) is 5.02 Å². The molecule has 1 rings (SSSR count). The van der Waals surface area contributed by atoms with Gasteiger partial charge >= 0.3 is 0 Å². The van der Waals surface area contributed by atoms with Crippen LogP contribution in [0, 0.1) is 11.3 Å². The van der Waals surface area contributed by atoms with E-state index in [2.05, 4.69) is 4.72 Å². The fourth-order valence-corrected chi connectivity index (χ4v) is 2.97. The maximum atomic E-state index is 11.9. The average Bonchev–Trinajstić information content (AvgIpc) is 2.27. The second kappa shape index (κ2) is 5.47. The zero-order valence-corrected chi connectivity index (χ0v) is 10.7. The molecule has 0 unspecified atom stereocenters. The third-order valence-electron chi connectivity index (χ3n) is 2.06. The van der Waals surface area contributed by atoms with Gasteiger partial charge in [-0.1, -0.05) is 11.6 Å². The highest BCUT2D eigenvalue weighted by Gasteiger charge is 2.19. The minimum absolute atomic E-state index is 0.0146. The summed E-state index contributed by atoms with van der Waals surface area (Å²) in [5.74, 6) is 0. The van der Waals surface area contributed by atoms with E-state index in [9.17, 15) is 8.42 Å². The monoisotopic (exact) mass is 273 g/mol. The second-order valence-electron chi connectivity index (χ2n) is 3.52. The lowest BCUT2D eigenvalue weighted by Gasteiger charge is -2.12. The molecule has 0 aliphatic carbocycles. The van der Waals surface area contributed by atoms with Crippen LogP contribution in [0.1, 0.15) is 12.5 Å². The Bertz CT molecular complexity index is 551. The zero-order valence-electron chi connectivity index (χ0n) is 9.14. The molecule has 3 N–H and O–H groups in total. The molecule has 1 atom stereocenters. The van der Waals surface area contributed by atoms with Crippen molar-refractivity contribution in [3.8, 4) is 6.07 Å². The highest BCUT2D eigenvalue weighted by Crippen LogP contribution is 2.22. The number of halogens is 1. The Morgan fingerprint density at radius 3 is 2.71 bits per heavy atom. The number of hydrogen-bond donors (Lipinski definition) is 2. The fraction of sp³-hybridized carbons (Fsp3) is 0.300. The molecule has 0 heterocycles. The predicted octanol–water partition coefficient (Wildman–Crippen LogP) is 0.837. The molecular weight excluding hydrogens is 262 g/mol. The predicted molar refractivity (Wildman–Crippen MR) is 65.0 cm³/mol. The van der Waals surface area contributed by atoms with Gasteiger partial charge in [0.05, 0.1) is 16.7 Å². The van der Waals surface area contributed by atoms with Crippen LogP contribution in [-0.2, 0) is 10.0 Å². The molecule has 0 saturated carbocycles. The third-order valence-corrected chi connectivity index (χ3v) is 4.13. The number of nitrogens with two attached hydrogens (primary N) is 1. The van der Waals surface area contributed by atoms with Gasteiger partial charge in [-0.3, -0.25) is 0 Å². The lowest BCUT2D eigenvalue weighted by Crippen LogP contribution is -2.37. The largest absolute Gasteiger partial charge is 0.329 e. The van der Waals surface area contributed by atoms with E-state index in [0.717, 1.165) is 0 Å². The normalized spacial score (nSPS) is 13.1. The summed E-state index contributed by atoms with van der Waals surface area (Å²) < 4.78 is 26.2. The van der Waals surface area contributed by atoms with Crippen molar-refractivity contribution in [3.05, 3.63) is 28.8 Å². The van der Waals surface area contributed by atoms with E-state index < -0.39 is 10.0 Å². The molecule has 1 aromatic rings. The molecular formula is C10H12ClN3O2S. The molecule has 0 aromatic heterocycles. The Balaban J connectivity index is 3.13. The zero-order chi connectivity index (χ0) is 13.1. The van der Waals surface area contributed by atoms with E-state index in [0.29, 0.717) is 5.56 Å². The van der Waals surface area contributed by atoms with Crippen molar-refractivity contribution in [2.24, 2.45) is 5.73 Å². The smallest absolute Gasteiger partial charge is 0.242 e. The van der Waals surface area contributed by atoms with Gasteiger partial charge < -0.3 is 5.73 Å². The van der Waals surface area contributed by atoms with Crippen LogP contribution in [0.4, 0.5) is 0 Å². The molecule has 0 saturated heterocycles. The summed E-state index contributed by atoms with van der Waals surface area (Å²) in [7, 11) is -3.70. The van der Waals surface area contributed by atoms with E-state index in [1.165, 1.54) is 18.2 Å². The first-order chi connectivity index (χ1) is 7.90. The Hall–Kier alpha value is -1.13. The molecule has 17 heavy (non-hydrogen) atoms. The molecule has 0 spiro atoms. The Labute approximate surface area is 105 Å². The van der Waals surface area contributed by atoms with Gasteiger partial charge in [-0.2, -0.15) is 5.26 Å². The van der Waals surface area contributed by atoms with Crippen molar-refractivity contribution < 1.29 is 8.42 Å². The summed E-state index contributed by atoms with van der Waals surface area (Å²) in [5.41, 5.74) is 5.64. The molecule has 5 nitrogen and oxygen atoms in total. The minimum atomic E-state index is -3.70. The molecule has 0 aliphatic heterocycles. The molecule has 0 amide bonds. The van der Waals surface area contributed by atoms with Crippen LogP contribution in [0.5, 0.6) is 0 Å². The first-order valence-electron chi connectivity index (χ1n) is 4.82. The van der Waals surface area contributed by atoms with Gasteiger partial charge in [-0.15, -0.1) is 0 Å². The van der Waals surface area contributed by atoms with Crippen molar-refractivity contribution in [2.75, 3.05) is 6.54 Å². The number of benzene rings is 1. The first kappa shape index (κ1) is 13.9. The van der Waals surface area contributed by atoms with E-state index in [-0.39, 0.29) is 22.5 Å². The van der Waals surface area contributed by atoms with Crippen molar-refractivity contribution in [1.29, 1.82) is 5.26 Å². The van der Waals surface area contributed by atoms with Gasteiger partial charge in [-0.05, 0) is 25.1 Å². The molecule has 0 bridgehead atoms. The summed E-state index contributed by atoms with van der Waals surface area (Å²) in [4.78, 5) is -0.0570. The summed E-state index contributed by atoms with van der Waals surface area (Å²) in [6.07, 6.45) is 0. The van der Waals surface area contributed by atoms with Gasteiger partial charge in [0, 0.05) is 12.6 Å². The van der Waals surface area contributed by atoms with Crippen molar-refractivity contribution >= 4 is 21.6 Å². The maximum absolute atomic E-state index is 11.9. The highest BCUT2D eigenvalue weighted by atomic mass is 35.5. The number of nitrogens with one attached hydrogen (secondary N) is 1. The number of sulfonamides is 1. The average molecular weight is 274 g/mol. The van der Waals surface area contributed by atoms with Crippen molar-refractivity contribution in [3.63, 3.8) is 0 Å². The number of nitriles is 1. The van der Waals surface area contributed by atoms with Crippen molar-refractivity contribution in [1.82, 2.24) is 4.72 Å². The van der Waals surface area contributed by atoms with Crippen LogP contribution < -0.4 is 10.5 Å². The topological polar surface area (TPSA) is 96.0 Å². The van der Waals surface area contributed by atoms with Crippen LogP contribution in [0.3, 0.4) is 0 Å². The first-order valence-corrected chi connectivity index (χ1v) is 6.69. The fourth-order valence-electron chi connectivity index (χ4n) is 1.16. The van der Waals surface area contributed by atoms with E-state index in [4.69, 9.17) is 22.6 Å². The lowest BCUT2D eigenvalue weighted by atomic mass is 10.2. The van der Waals surface area contributed by atoms with E-state index >= 15 is 0 Å². The number of nitrogens with zero attached hydrogens (tertiary/aromatic N) is 1. The molecule has 7 heteroatoms. The molecule has 0 radical (unpaired) electrons. The summed E-state index contributed by atoms with van der Waals surface area (Å²) in [5, 5.41) is 8.66. The van der Waals surface area contributed by atoms with Crippen LogP contribution in [0.25, 0.3) is 0 Å². The summed E-state index contributed by atoms with van der Waals surface area (Å²) in [6, 6.07) is 5.50. The Morgan fingerprint density at radius 2 is 2.24 bits per heavy atom. The van der Waals surface area contributed by atoms with Gasteiger partial charge in [0.1, 0.15) is 4.90 Å². The molecule has 92 valence electrons. The van der Waals surface area contributed by atoms with Crippen LogP contribution in [-0.4, -0.2) is 21.0 Å². The molecule has 0 aliphatic rings. The van der Waals surface area contributed by atoms with Crippen molar-refractivity contribution in [2.45, 2.75) is 17.9 Å². The van der Waals surface area contributed by atoms with E-state index in [1.54, 1.807) is 6.92 Å². The standard InChI is InChI=1S/C10H12ClN3O2S/c1-7(5-12)14-17(15,16)10-3-2-8(6-13)4-9(10)11/h2-4,7,14H,5,12H2,1H3/t7-/m1/s1. The van der Waals surface area contributed by atoms with E-state index in [1.807, 2.05) is 6.07 Å². The third kappa shape index (κ3) is 3.41. The maximum Gasteiger partial charge on any atom is 0.242 e. The molecule has 0 fully saturated rings. The Morgan fingerprint density at radius 1 is 1.59 bits per heavy atom. The van der Waals surface area contributed by atoms with Gasteiger partial charge in [0.25, 0.3) is 0 Å². The minimum Gasteiger partial charge on any atom is -0.329 e. The molecule has 1 aromatic carbocycles. The van der Waals surface area contributed by atoms with Gasteiger partial charge in [-0.25, -0.2) is 13.1 Å². The van der Waals surface area contributed by atoms with Gasteiger partial charge in [0.15, 0.2) is 0 Å². The quantitative estimate of drug-likeness (QED) is 0.849. The second-order valence-corrected chi connectivity index (χ2v) is 5.60. The van der Waals surface area contributed by atoms with Crippen LogP contribution in [0.15, 0.2) is 23.1 Å². The summed E-state index contributed by atoms with van der Waals surface area (Å²) in [6.45, 7) is 1.84. The van der Waals surface area contributed by atoms with Crippen LogP contribution >= 0.6 is 11.6 Å². The number of hydrogen-bond acceptors (Lipinski definition) is 4. The highest BCUT2D eigenvalue weighted by molar-refractivity contribution is 7.89.